The highest BCUT2D eigenvalue weighted by atomic mass is 14.1. The van der Waals surface area contributed by atoms with Gasteiger partial charge in [-0.3, -0.25) is 0 Å². The smallest absolute Gasteiger partial charge is 0.0280 e. The molecular formula is C19H22. The Bertz CT molecular complexity index is 639. The summed E-state index contributed by atoms with van der Waals surface area (Å²) >= 11 is 0. The number of benzene rings is 2. The van der Waals surface area contributed by atoms with Crippen LogP contribution in [0.2, 0.25) is 0 Å². The first-order chi connectivity index (χ1) is 10.5. The van der Waals surface area contributed by atoms with Crippen molar-refractivity contribution in [3.63, 3.8) is 0 Å². The van der Waals surface area contributed by atoms with Crippen LogP contribution in [0.15, 0.2) is 42.5 Å². The van der Waals surface area contributed by atoms with E-state index < -0.39 is 6.85 Å². The quantitative estimate of drug-likeness (QED) is 0.640. The Morgan fingerprint density at radius 3 is 2.00 bits per heavy atom. The third kappa shape index (κ3) is 3.07. The molecule has 2 aromatic rings. The molecule has 4 bridgehead atoms. The van der Waals surface area contributed by atoms with Crippen LogP contribution in [-0.4, -0.2) is 0 Å². The van der Waals surface area contributed by atoms with Crippen molar-refractivity contribution in [1.82, 2.24) is 0 Å². The fourth-order valence-electron chi connectivity index (χ4n) is 2.85. The van der Waals surface area contributed by atoms with Gasteiger partial charge in [0.2, 0.25) is 0 Å². The fourth-order valence-corrected chi connectivity index (χ4v) is 2.85. The van der Waals surface area contributed by atoms with Gasteiger partial charge in [0.05, 0.1) is 0 Å². The Kier molecular flexibility index (Phi) is 2.76. The van der Waals surface area contributed by atoms with E-state index in [1.165, 1.54) is 11.1 Å². The van der Waals surface area contributed by atoms with Gasteiger partial charge < -0.3 is 0 Å². The number of aryl methyl sites for hydroxylation is 5. The van der Waals surface area contributed by atoms with E-state index in [4.69, 9.17) is 4.11 Å². The van der Waals surface area contributed by atoms with Crippen LogP contribution >= 0.6 is 0 Å². The van der Waals surface area contributed by atoms with Gasteiger partial charge in [0.1, 0.15) is 0 Å². The number of hydrogen-bond acceptors (Lipinski definition) is 0. The van der Waals surface area contributed by atoms with Gasteiger partial charge in [-0.25, -0.2) is 0 Å². The average molecular weight is 253 g/mol. The largest absolute Gasteiger partial charge is 0.0588 e. The summed E-state index contributed by atoms with van der Waals surface area (Å²) in [5.74, 6) is 0. The minimum atomic E-state index is -2.01. The lowest BCUT2D eigenvalue weighted by atomic mass is 9.95. The molecule has 4 aliphatic rings. The van der Waals surface area contributed by atoms with E-state index in [2.05, 4.69) is 30.3 Å². The zero-order valence-electron chi connectivity index (χ0n) is 14.3. The molecule has 0 atom stereocenters. The SMILES string of the molecule is [2H]C([2H])([2H])c1cc2ccc1CCCc1ccc(cc1)CCC2. The molecule has 0 radical (unpaired) electrons. The first-order valence-electron chi connectivity index (χ1n) is 8.72. The van der Waals surface area contributed by atoms with Gasteiger partial charge in [-0.05, 0) is 73.2 Å². The van der Waals surface area contributed by atoms with Gasteiger partial charge in [0.15, 0.2) is 0 Å². The zero-order valence-corrected chi connectivity index (χ0v) is 11.3. The van der Waals surface area contributed by atoms with Gasteiger partial charge in [-0.2, -0.15) is 0 Å². The van der Waals surface area contributed by atoms with Crippen LogP contribution in [0.5, 0.6) is 0 Å². The lowest BCUT2D eigenvalue weighted by Crippen LogP contribution is -1.97. The Morgan fingerprint density at radius 2 is 1.32 bits per heavy atom. The molecule has 2 aromatic carbocycles. The van der Waals surface area contributed by atoms with Crippen molar-refractivity contribution in [2.45, 2.75) is 45.4 Å². The maximum absolute atomic E-state index is 7.80. The molecule has 0 nitrogen and oxygen atoms in total. The Labute approximate surface area is 120 Å². The molecule has 4 aliphatic carbocycles. The Hall–Kier alpha value is -1.56. The summed E-state index contributed by atoms with van der Waals surface area (Å²) < 4.78 is 23.4. The van der Waals surface area contributed by atoms with Gasteiger partial charge >= 0.3 is 0 Å². The summed E-state index contributed by atoms with van der Waals surface area (Å²) in [6.07, 6.45) is 5.86. The lowest BCUT2D eigenvalue weighted by Gasteiger charge is -2.11. The molecule has 0 unspecified atom stereocenters. The predicted molar refractivity (Wildman–Crippen MR) is 81.7 cm³/mol. The van der Waals surface area contributed by atoms with Gasteiger partial charge in [0.25, 0.3) is 0 Å². The number of rotatable bonds is 0. The molecule has 19 heavy (non-hydrogen) atoms. The predicted octanol–water partition coefficient (Wildman–Crippen LogP) is 4.66. The Morgan fingerprint density at radius 1 is 0.737 bits per heavy atom. The second-order valence-electron chi connectivity index (χ2n) is 5.52. The fraction of sp³-hybridized carbons (Fsp3) is 0.368. The van der Waals surface area contributed by atoms with Crippen molar-refractivity contribution in [3.05, 3.63) is 70.3 Å². The summed E-state index contributed by atoms with van der Waals surface area (Å²) in [6, 6.07) is 15.0. The van der Waals surface area contributed by atoms with Crippen molar-refractivity contribution < 1.29 is 4.11 Å². The summed E-state index contributed by atoms with van der Waals surface area (Å²) in [5.41, 5.74) is 5.39. The van der Waals surface area contributed by atoms with Crippen LogP contribution in [0.25, 0.3) is 0 Å². The molecule has 0 aliphatic heterocycles. The zero-order chi connectivity index (χ0) is 15.6. The topological polar surface area (TPSA) is 0 Å². The van der Waals surface area contributed by atoms with Crippen LogP contribution < -0.4 is 0 Å². The van der Waals surface area contributed by atoms with E-state index in [9.17, 15) is 0 Å². The first-order valence-corrected chi connectivity index (χ1v) is 7.22. The van der Waals surface area contributed by atoms with E-state index in [1.54, 1.807) is 0 Å². The maximum Gasteiger partial charge on any atom is 0.0280 e. The molecule has 0 spiro atoms. The third-order valence-electron chi connectivity index (χ3n) is 4.04. The second kappa shape index (κ2) is 5.61. The summed E-state index contributed by atoms with van der Waals surface area (Å²) in [6.45, 7) is -2.01. The van der Waals surface area contributed by atoms with Crippen molar-refractivity contribution in [2.24, 2.45) is 0 Å². The van der Waals surface area contributed by atoms with Crippen LogP contribution in [0.1, 0.15) is 44.8 Å². The molecule has 98 valence electrons. The lowest BCUT2D eigenvalue weighted by molar-refractivity contribution is 0.796. The standard InChI is InChI=1S/C19H22/c1-15-14-18-6-2-4-16-8-10-17(11-9-16)5-3-7-19(15)13-12-18/h8-14H,2-7H2,1H3/i1D3. The molecule has 0 amide bonds. The van der Waals surface area contributed by atoms with Crippen LogP contribution in [0, 0.1) is 6.85 Å². The normalized spacial score (nSPS) is 18.4. The molecule has 0 N–H and O–H groups in total. The molecule has 6 rings (SSSR count). The van der Waals surface area contributed by atoms with Gasteiger partial charge in [0, 0.05) is 4.11 Å². The maximum atomic E-state index is 7.80. The summed E-state index contributed by atoms with van der Waals surface area (Å²) in [7, 11) is 0. The first kappa shape index (κ1) is 9.36. The molecule has 0 heterocycles. The van der Waals surface area contributed by atoms with Crippen LogP contribution in [0.4, 0.5) is 0 Å². The van der Waals surface area contributed by atoms with Crippen molar-refractivity contribution in [3.8, 4) is 0 Å². The molecule has 0 heteroatoms. The second-order valence-corrected chi connectivity index (χ2v) is 5.52. The van der Waals surface area contributed by atoms with Crippen LogP contribution in [-0.2, 0) is 25.7 Å². The molecule has 0 saturated heterocycles. The molecule has 0 saturated carbocycles. The number of hydrogen-bond donors (Lipinski definition) is 0. The minimum Gasteiger partial charge on any atom is -0.0588 e. The average Bonchev–Trinajstić information content (AvgIpc) is 2.49. The van der Waals surface area contributed by atoms with Gasteiger partial charge in [-0.15, -0.1) is 0 Å². The molecule has 0 aromatic heterocycles. The van der Waals surface area contributed by atoms with Crippen molar-refractivity contribution in [1.29, 1.82) is 0 Å². The third-order valence-corrected chi connectivity index (χ3v) is 4.04. The monoisotopic (exact) mass is 253 g/mol. The van der Waals surface area contributed by atoms with E-state index in [0.29, 0.717) is 5.56 Å². The van der Waals surface area contributed by atoms with E-state index in [1.807, 2.05) is 12.1 Å². The van der Waals surface area contributed by atoms with Crippen molar-refractivity contribution in [2.75, 3.05) is 0 Å². The summed E-state index contributed by atoms with van der Waals surface area (Å²) in [5, 5.41) is 0. The highest BCUT2D eigenvalue weighted by Gasteiger charge is 2.04. The molecule has 0 fully saturated rings. The van der Waals surface area contributed by atoms with E-state index in [-0.39, 0.29) is 0 Å². The summed E-state index contributed by atoms with van der Waals surface area (Å²) in [4.78, 5) is 0. The Balaban J connectivity index is 1.92. The van der Waals surface area contributed by atoms with Crippen molar-refractivity contribution >= 4 is 0 Å². The molecular weight excluding hydrogens is 228 g/mol. The van der Waals surface area contributed by atoms with Crippen LogP contribution in [0.3, 0.4) is 0 Å². The highest BCUT2D eigenvalue weighted by molar-refractivity contribution is 5.32. The van der Waals surface area contributed by atoms with Gasteiger partial charge in [-0.1, -0.05) is 42.5 Å². The van der Waals surface area contributed by atoms with E-state index in [0.717, 1.165) is 49.7 Å². The highest BCUT2D eigenvalue weighted by Crippen LogP contribution is 2.18. The van der Waals surface area contributed by atoms with E-state index >= 15 is 0 Å². The minimum absolute atomic E-state index is 0.552.